The van der Waals surface area contributed by atoms with Gasteiger partial charge in [0, 0.05) is 18.7 Å². The number of fused-ring (bicyclic) bond motifs is 1. The molecule has 1 saturated heterocycles. The Morgan fingerprint density at radius 1 is 1.13 bits per heavy atom. The van der Waals surface area contributed by atoms with Gasteiger partial charge in [-0.25, -0.2) is 0 Å². The first kappa shape index (κ1) is 19.0. The molecule has 0 unspecified atom stereocenters. The van der Waals surface area contributed by atoms with Crippen molar-refractivity contribution < 1.29 is 19.1 Å². The monoisotopic (exact) mass is 322 g/mol. The van der Waals surface area contributed by atoms with E-state index in [1.807, 2.05) is 27.7 Å². The van der Waals surface area contributed by atoms with Gasteiger partial charge in [0.25, 0.3) is 11.8 Å². The predicted molar refractivity (Wildman–Crippen MR) is 90.0 cm³/mol. The molecule has 1 aromatic carbocycles. The van der Waals surface area contributed by atoms with Crippen molar-refractivity contribution in [2.45, 2.75) is 27.7 Å². The van der Waals surface area contributed by atoms with E-state index in [0.717, 1.165) is 0 Å². The van der Waals surface area contributed by atoms with Crippen LogP contribution >= 0.6 is 0 Å². The molecule has 2 aliphatic heterocycles. The molecule has 0 spiro atoms. The molecule has 3 rings (SSSR count). The van der Waals surface area contributed by atoms with Crippen molar-refractivity contribution in [3.05, 3.63) is 23.8 Å². The zero-order valence-electron chi connectivity index (χ0n) is 14.3. The lowest BCUT2D eigenvalue weighted by molar-refractivity contribution is -0.118. The van der Waals surface area contributed by atoms with Crippen LogP contribution in [0.15, 0.2) is 18.2 Å². The van der Waals surface area contributed by atoms with Crippen molar-refractivity contribution in [3.63, 3.8) is 0 Å². The number of amides is 2. The summed E-state index contributed by atoms with van der Waals surface area (Å²) in [6.07, 6.45) is 0. The van der Waals surface area contributed by atoms with Crippen molar-refractivity contribution in [2.24, 2.45) is 0 Å². The van der Waals surface area contributed by atoms with E-state index in [4.69, 9.17) is 9.47 Å². The second kappa shape index (κ2) is 9.84. The van der Waals surface area contributed by atoms with E-state index < -0.39 is 0 Å². The molecule has 0 atom stereocenters. The Labute approximate surface area is 137 Å². The molecular weight excluding hydrogens is 296 g/mol. The highest BCUT2D eigenvalue weighted by Crippen LogP contribution is 2.29. The molecular formula is C17H26N2O4. The summed E-state index contributed by atoms with van der Waals surface area (Å²) in [5, 5.41) is 2.70. The normalized spacial score (nSPS) is 15.7. The lowest BCUT2D eigenvalue weighted by Gasteiger charge is -2.27. The summed E-state index contributed by atoms with van der Waals surface area (Å²) in [6.45, 7) is 10.3. The summed E-state index contributed by atoms with van der Waals surface area (Å²) in [5.41, 5.74) is 1.17. The van der Waals surface area contributed by atoms with Crippen LogP contribution < -0.4 is 10.1 Å². The number of ether oxygens (including phenoxy) is 2. The second-order valence-corrected chi connectivity index (χ2v) is 4.45. The number of carbonyl (C=O) groups excluding carboxylic acids is 2. The third-order valence-corrected chi connectivity index (χ3v) is 3.16. The maximum atomic E-state index is 12.3. The standard InChI is InChI=1S/C13H14N2O4.2C2H6/c16-12-8-19-11-7-9(1-2-10(11)14-12)13(17)15-3-5-18-6-4-15;2*1-2/h1-2,7H,3-6,8H2,(H,14,16);2*1-2H3. The number of carbonyl (C=O) groups is 2. The summed E-state index contributed by atoms with van der Waals surface area (Å²) < 4.78 is 10.5. The number of benzene rings is 1. The minimum Gasteiger partial charge on any atom is -0.482 e. The first-order chi connectivity index (χ1) is 11.2. The molecule has 0 aromatic heterocycles. The minimum absolute atomic E-state index is 0.0117. The minimum atomic E-state index is -0.181. The lowest BCUT2D eigenvalue weighted by atomic mass is 10.1. The van der Waals surface area contributed by atoms with Crippen LogP contribution in [-0.4, -0.2) is 49.6 Å². The van der Waals surface area contributed by atoms with Gasteiger partial charge in [-0.05, 0) is 18.2 Å². The molecule has 0 radical (unpaired) electrons. The van der Waals surface area contributed by atoms with Crippen molar-refractivity contribution in [1.82, 2.24) is 4.90 Å². The van der Waals surface area contributed by atoms with Gasteiger partial charge in [0.15, 0.2) is 6.61 Å². The predicted octanol–water partition coefficient (Wildman–Crippen LogP) is 2.54. The van der Waals surface area contributed by atoms with Crippen LogP contribution in [0.25, 0.3) is 0 Å². The third kappa shape index (κ3) is 4.96. The molecule has 0 saturated carbocycles. The zero-order chi connectivity index (χ0) is 17.2. The molecule has 6 nitrogen and oxygen atoms in total. The highest BCUT2D eigenvalue weighted by molar-refractivity contribution is 5.99. The van der Waals surface area contributed by atoms with E-state index in [1.165, 1.54) is 0 Å². The highest BCUT2D eigenvalue weighted by atomic mass is 16.5. The van der Waals surface area contributed by atoms with Crippen LogP contribution in [0.5, 0.6) is 5.75 Å². The van der Waals surface area contributed by atoms with Crippen molar-refractivity contribution in [2.75, 3.05) is 38.2 Å². The van der Waals surface area contributed by atoms with Gasteiger partial charge in [0.05, 0.1) is 18.9 Å². The molecule has 23 heavy (non-hydrogen) atoms. The van der Waals surface area contributed by atoms with E-state index in [9.17, 15) is 9.59 Å². The Kier molecular flexibility index (Phi) is 8.11. The molecule has 2 amide bonds. The van der Waals surface area contributed by atoms with Crippen molar-refractivity contribution in [1.29, 1.82) is 0 Å². The lowest BCUT2D eigenvalue weighted by Crippen LogP contribution is -2.40. The van der Waals surface area contributed by atoms with E-state index in [2.05, 4.69) is 5.32 Å². The van der Waals surface area contributed by atoms with E-state index >= 15 is 0 Å². The Morgan fingerprint density at radius 3 is 2.43 bits per heavy atom. The molecule has 0 aliphatic carbocycles. The Hall–Kier alpha value is -2.08. The molecule has 1 aromatic rings. The summed E-state index contributed by atoms with van der Waals surface area (Å²) in [6, 6.07) is 5.07. The fourth-order valence-corrected chi connectivity index (χ4v) is 2.16. The number of morpholine rings is 1. The van der Waals surface area contributed by atoms with Gasteiger partial charge in [0.2, 0.25) is 0 Å². The van der Waals surface area contributed by atoms with Gasteiger partial charge in [-0.2, -0.15) is 0 Å². The van der Waals surface area contributed by atoms with E-state index in [-0.39, 0.29) is 18.4 Å². The number of hydrogen-bond acceptors (Lipinski definition) is 4. The molecule has 2 aliphatic rings. The fourth-order valence-electron chi connectivity index (χ4n) is 2.16. The summed E-state index contributed by atoms with van der Waals surface area (Å²) in [7, 11) is 0. The largest absolute Gasteiger partial charge is 0.482 e. The molecule has 1 N–H and O–H groups in total. The van der Waals surface area contributed by atoms with Crippen LogP contribution in [0.2, 0.25) is 0 Å². The highest BCUT2D eigenvalue weighted by Gasteiger charge is 2.22. The van der Waals surface area contributed by atoms with Gasteiger partial charge in [-0.15, -0.1) is 0 Å². The number of rotatable bonds is 1. The van der Waals surface area contributed by atoms with Gasteiger partial charge >= 0.3 is 0 Å². The molecule has 1 fully saturated rings. The van der Waals surface area contributed by atoms with Crippen molar-refractivity contribution >= 4 is 17.5 Å². The van der Waals surface area contributed by atoms with Crippen LogP contribution in [0.4, 0.5) is 5.69 Å². The zero-order valence-corrected chi connectivity index (χ0v) is 14.3. The van der Waals surface area contributed by atoms with Gasteiger partial charge in [0.1, 0.15) is 5.75 Å². The van der Waals surface area contributed by atoms with Crippen LogP contribution in [0, 0.1) is 0 Å². The molecule has 2 heterocycles. The molecule has 6 heteroatoms. The Morgan fingerprint density at radius 2 is 1.78 bits per heavy atom. The first-order valence-corrected chi connectivity index (χ1v) is 8.18. The molecule has 128 valence electrons. The number of nitrogens with zero attached hydrogens (tertiary/aromatic N) is 1. The van der Waals surface area contributed by atoms with E-state index in [0.29, 0.717) is 43.3 Å². The number of nitrogens with one attached hydrogen (secondary N) is 1. The maximum Gasteiger partial charge on any atom is 0.262 e. The quantitative estimate of drug-likeness (QED) is 0.863. The van der Waals surface area contributed by atoms with Gasteiger partial charge < -0.3 is 19.7 Å². The number of hydrogen-bond donors (Lipinski definition) is 1. The van der Waals surface area contributed by atoms with Gasteiger partial charge in [-0.3, -0.25) is 9.59 Å². The van der Waals surface area contributed by atoms with Crippen LogP contribution in [0.1, 0.15) is 38.1 Å². The average Bonchev–Trinajstić information content (AvgIpc) is 2.64. The Bertz CT molecular complexity index is 525. The van der Waals surface area contributed by atoms with E-state index in [1.54, 1.807) is 23.1 Å². The third-order valence-electron chi connectivity index (χ3n) is 3.16. The average molecular weight is 322 g/mol. The van der Waals surface area contributed by atoms with Crippen molar-refractivity contribution in [3.8, 4) is 5.75 Å². The number of anilines is 1. The maximum absolute atomic E-state index is 12.3. The smallest absolute Gasteiger partial charge is 0.262 e. The summed E-state index contributed by atoms with van der Waals surface area (Å²) in [4.78, 5) is 25.2. The first-order valence-electron chi connectivity index (χ1n) is 8.18. The SMILES string of the molecule is CC.CC.O=C1COc2cc(C(=O)N3CCOCC3)ccc2N1. The van der Waals surface area contributed by atoms with Crippen LogP contribution in [0.3, 0.4) is 0 Å². The molecule has 0 bridgehead atoms. The fraction of sp³-hybridized carbons (Fsp3) is 0.529. The second-order valence-electron chi connectivity index (χ2n) is 4.45. The Balaban J connectivity index is 0.000000615. The van der Waals surface area contributed by atoms with Gasteiger partial charge in [-0.1, -0.05) is 27.7 Å². The van der Waals surface area contributed by atoms with Crippen LogP contribution in [-0.2, 0) is 9.53 Å². The topological polar surface area (TPSA) is 67.9 Å². The summed E-state index contributed by atoms with van der Waals surface area (Å²) >= 11 is 0. The summed E-state index contributed by atoms with van der Waals surface area (Å²) in [5.74, 6) is 0.324.